The maximum absolute atomic E-state index is 10.6. The van der Waals surface area contributed by atoms with E-state index in [9.17, 15) is 15.0 Å². The number of aliphatic carboxylic acids is 1. The van der Waals surface area contributed by atoms with Gasteiger partial charge in [-0.2, -0.15) is 0 Å². The van der Waals surface area contributed by atoms with E-state index in [1.54, 1.807) is 0 Å². The van der Waals surface area contributed by atoms with Crippen LogP contribution in [0.2, 0.25) is 0 Å². The van der Waals surface area contributed by atoms with Crippen molar-refractivity contribution in [3.8, 4) is 0 Å². The Morgan fingerprint density at radius 1 is 1.27 bits per heavy atom. The highest BCUT2D eigenvalue weighted by Crippen LogP contribution is 2.46. The minimum atomic E-state index is -0.764. The number of aliphatic hydroxyl groups excluding tert-OH is 2. The van der Waals surface area contributed by atoms with Crippen LogP contribution < -0.4 is 0 Å². The minimum Gasteiger partial charge on any atom is -0.481 e. The molecule has 1 unspecified atom stereocenters. The molecule has 2 aliphatic rings. The molecule has 4 nitrogen and oxygen atoms in total. The highest BCUT2D eigenvalue weighted by atomic mass is 35.5. The summed E-state index contributed by atoms with van der Waals surface area (Å²) < 4.78 is 0. The number of alkyl halides is 1. The Labute approximate surface area is 159 Å². The van der Waals surface area contributed by atoms with Gasteiger partial charge in [0.05, 0.1) is 12.2 Å². The normalized spacial score (nSPS) is 30.8. The quantitative estimate of drug-likeness (QED) is 0.381. The van der Waals surface area contributed by atoms with E-state index < -0.39 is 12.1 Å². The van der Waals surface area contributed by atoms with Crippen molar-refractivity contribution in [3.63, 3.8) is 0 Å². The van der Waals surface area contributed by atoms with E-state index in [2.05, 4.69) is 12.1 Å². The summed E-state index contributed by atoms with van der Waals surface area (Å²) in [5.74, 6) is -0.601. The van der Waals surface area contributed by atoms with Crippen LogP contribution in [0.15, 0.2) is 30.4 Å². The van der Waals surface area contributed by atoms with Crippen molar-refractivity contribution in [2.24, 2.45) is 5.92 Å². The molecular formula is C21H27ClO4. The van der Waals surface area contributed by atoms with E-state index in [1.165, 1.54) is 5.56 Å². The minimum absolute atomic E-state index is 0.00390. The molecule has 0 spiro atoms. The van der Waals surface area contributed by atoms with Crippen LogP contribution in [0.4, 0.5) is 0 Å². The first-order valence-corrected chi connectivity index (χ1v) is 9.90. The zero-order chi connectivity index (χ0) is 18.7. The number of halogens is 1. The lowest BCUT2D eigenvalue weighted by atomic mass is 9.84. The molecule has 5 atom stereocenters. The molecule has 1 saturated carbocycles. The van der Waals surface area contributed by atoms with Crippen molar-refractivity contribution < 1.29 is 20.1 Å². The van der Waals surface area contributed by atoms with E-state index in [4.69, 9.17) is 16.7 Å². The van der Waals surface area contributed by atoms with Gasteiger partial charge in [-0.1, -0.05) is 30.4 Å². The van der Waals surface area contributed by atoms with Crippen molar-refractivity contribution in [3.05, 3.63) is 47.0 Å². The number of carboxylic acids is 1. The summed E-state index contributed by atoms with van der Waals surface area (Å²) >= 11 is 6.53. The summed E-state index contributed by atoms with van der Waals surface area (Å²) in [7, 11) is 0. The summed E-state index contributed by atoms with van der Waals surface area (Å²) in [6.07, 6.45) is 7.87. The number of carbonyl (C=O) groups is 1. The average Bonchev–Trinajstić information content (AvgIpc) is 3.10. The molecule has 5 heteroatoms. The number of carboxylic acid groups (broad SMARTS) is 1. The Morgan fingerprint density at radius 2 is 2.08 bits per heavy atom. The average molecular weight is 379 g/mol. The van der Waals surface area contributed by atoms with Gasteiger partial charge in [-0.25, -0.2) is 0 Å². The van der Waals surface area contributed by atoms with Gasteiger partial charge in [-0.05, 0) is 61.1 Å². The number of rotatable bonds is 7. The first kappa shape index (κ1) is 19.4. The SMILES string of the molecule is O=C(O)CCCC=CC[C@@H]1[C@@H](c2ccc3c(c2)CCC3O)[C@H](O)C[C@H]1Cl. The van der Waals surface area contributed by atoms with Crippen molar-refractivity contribution in [1.29, 1.82) is 0 Å². The smallest absolute Gasteiger partial charge is 0.303 e. The molecule has 2 aliphatic carbocycles. The highest BCUT2D eigenvalue weighted by molar-refractivity contribution is 6.21. The van der Waals surface area contributed by atoms with Crippen LogP contribution in [-0.4, -0.2) is 32.8 Å². The van der Waals surface area contributed by atoms with Gasteiger partial charge in [0, 0.05) is 17.7 Å². The fraction of sp³-hybridized carbons (Fsp3) is 0.571. The molecule has 1 aromatic carbocycles. The van der Waals surface area contributed by atoms with Crippen molar-refractivity contribution in [1.82, 2.24) is 0 Å². The third kappa shape index (κ3) is 4.30. The predicted molar refractivity (Wildman–Crippen MR) is 101 cm³/mol. The predicted octanol–water partition coefficient (Wildman–Crippen LogP) is 3.94. The standard InChI is InChI=1S/C21H27ClO4/c22-17-12-19(24)21(16(17)5-3-1-2-4-6-20(25)26)14-7-9-15-13(11-14)8-10-18(15)23/h1,3,7,9,11,16-19,21,23-24H,2,4-6,8,10,12H2,(H,25,26)/t16-,17+,18?,19+,21+/m0/s1. The molecule has 3 N–H and O–H groups in total. The molecule has 0 aromatic heterocycles. The second kappa shape index (κ2) is 8.55. The number of unbranched alkanes of at least 4 members (excludes halogenated alkanes) is 1. The molecular weight excluding hydrogens is 352 g/mol. The van der Waals surface area contributed by atoms with Crippen molar-refractivity contribution >= 4 is 17.6 Å². The largest absolute Gasteiger partial charge is 0.481 e. The summed E-state index contributed by atoms with van der Waals surface area (Å²) in [5, 5.41) is 29.1. The van der Waals surface area contributed by atoms with E-state index in [0.717, 1.165) is 36.8 Å². The van der Waals surface area contributed by atoms with Gasteiger partial charge < -0.3 is 15.3 Å². The fourth-order valence-corrected chi connectivity index (χ4v) is 4.83. The van der Waals surface area contributed by atoms with Crippen molar-refractivity contribution in [2.45, 2.75) is 68.4 Å². The van der Waals surface area contributed by atoms with E-state index in [0.29, 0.717) is 12.8 Å². The summed E-state index contributed by atoms with van der Waals surface area (Å²) in [4.78, 5) is 10.5. The van der Waals surface area contributed by atoms with Crippen LogP contribution in [0.3, 0.4) is 0 Å². The molecule has 0 aliphatic heterocycles. The van der Waals surface area contributed by atoms with Gasteiger partial charge in [0.1, 0.15) is 0 Å². The summed E-state index contributed by atoms with van der Waals surface area (Å²) in [5.41, 5.74) is 3.31. The topological polar surface area (TPSA) is 77.8 Å². The lowest BCUT2D eigenvalue weighted by molar-refractivity contribution is -0.137. The summed E-state index contributed by atoms with van der Waals surface area (Å²) in [6.45, 7) is 0. The second-order valence-corrected chi connectivity index (χ2v) is 8.08. The maximum atomic E-state index is 10.6. The van der Waals surface area contributed by atoms with E-state index in [1.807, 2.05) is 18.2 Å². The molecule has 3 rings (SSSR count). The van der Waals surface area contributed by atoms with E-state index in [-0.39, 0.29) is 29.7 Å². The van der Waals surface area contributed by atoms with Crippen LogP contribution in [0.25, 0.3) is 0 Å². The molecule has 0 amide bonds. The van der Waals surface area contributed by atoms with Gasteiger partial charge in [0.15, 0.2) is 0 Å². The number of allylic oxidation sites excluding steroid dienone is 2. The molecule has 0 bridgehead atoms. The fourth-order valence-electron chi connectivity index (χ4n) is 4.39. The van der Waals surface area contributed by atoms with Crippen LogP contribution in [0, 0.1) is 5.92 Å². The molecule has 0 radical (unpaired) electrons. The number of aliphatic hydroxyl groups is 2. The van der Waals surface area contributed by atoms with Gasteiger partial charge in [0.25, 0.3) is 0 Å². The maximum Gasteiger partial charge on any atom is 0.303 e. The van der Waals surface area contributed by atoms with Gasteiger partial charge in [0.2, 0.25) is 0 Å². The molecule has 0 heterocycles. The third-order valence-corrected chi connectivity index (χ3v) is 6.24. The molecule has 26 heavy (non-hydrogen) atoms. The van der Waals surface area contributed by atoms with Crippen LogP contribution in [0.1, 0.15) is 67.2 Å². The van der Waals surface area contributed by atoms with Crippen LogP contribution in [0.5, 0.6) is 0 Å². The Bertz CT molecular complexity index is 672. The number of hydrogen-bond donors (Lipinski definition) is 3. The van der Waals surface area contributed by atoms with E-state index >= 15 is 0 Å². The van der Waals surface area contributed by atoms with Crippen LogP contribution >= 0.6 is 11.6 Å². The third-order valence-electron chi connectivity index (χ3n) is 5.74. The van der Waals surface area contributed by atoms with Gasteiger partial charge >= 0.3 is 5.97 Å². The molecule has 0 saturated heterocycles. The number of fused-ring (bicyclic) bond motifs is 1. The molecule has 1 fully saturated rings. The zero-order valence-corrected chi connectivity index (χ0v) is 15.6. The Balaban J connectivity index is 1.67. The van der Waals surface area contributed by atoms with Gasteiger partial charge in [-0.3, -0.25) is 4.79 Å². The number of aryl methyl sites for hydroxylation is 1. The monoisotopic (exact) mass is 378 g/mol. The molecule has 142 valence electrons. The first-order valence-electron chi connectivity index (χ1n) is 9.47. The first-order chi connectivity index (χ1) is 12.5. The Kier molecular flexibility index (Phi) is 6.38. The van der Waals surface area contributed by atoms with Crippen molar-refractivity contribution in [2.75, 3.05) is 0 Å². The number of benzene rings is 1. The van der Waals surface area contributed by atoms with Gasteiger partial charge in [-0.15, -0.1) is 11.6 Å². The Hall–Kier alpha value is -1.36. The number of hydrogen-bond acceptors (Lipinski definition) is 3. The lowest BCUT2D eigenvalue weighted by Gasteiger charge is -2.23. The van der Waals surface area contributed by atoms with Crippen LogP contribution in [-0.2, 0) is 11.2 Å². The highest BCUT2D eigenvalue weighted by Gasteiger charge is 2.42. The lowest BCUT2D eigenvalue weighted by Crippen LogP contribution is -2.18. The zero-order valence-electron chi connectivity index (χ0n) is 14.9. The molecule has 1 aromatic rings. The Morgan fingerprint density at radius 3 is 2.85 bits per heavy atom. The summed E-state index contributed by atoms with van der Waals surface area (Å²) in [6, 6.07) is 6.16. The second-order valence-electron chi connectivity index (χ2n) is 7.51.